The molecule has 0 spiro atoms. The Morgan fingerprint density at radius 1 is 1.18 bits per heavy atom. The molecule has 0 unspecified atom stereocenters. The Hall–Kier alpha value is 0. The summed E-state index contributed by atoms with van der Waals surface area (Å²) in [6.07, 6.45) is 6.57. The minimum absolute atomic E-state index is 0. The highest BCUT2D eigenvalue weighted by Crippen LogP contribution is 2.37. The van der Waals surface area contributed by atoms with E-state index in [0.717, 1.165) is 32.0 Å². The zero-order chi connectivity index (χ0) is 11.9. The second-order valence-corrected chi connectivity index (χ2v) is 5.14. The Labute approximate surface area is 123 Å². The van der Waals surface area contributed by atoms with Gasteiger partial charge < -0.3 is 10.6 Å². The van der Waals surface area contributed by atoms with Crippen molar-refractivity contribution in [2.24, 2.45) is 10.4 Å². The summed E-state index contributed by atoms with van der Waals surface area (Å²) in [5.74, 6) is 0.984. The van der Waals surface area contributed by atoms with E-state index in [1.807, 2.05) is 0 Å². The average molecular weight is 353 g/mol. The van der Waals surface area contributed by atoms with Crippen molar-refractivity contribution < 1.29 is 0 Å². The number of hydrogen-bond donors (Lipinski definition) is 2. The lowest BCUT2D eigenvalue weighted by atomic mass is 9.89. The van der Waals surface area contributed by atoms with Crippen LogP contribution in [-0.4, -0.2) is 25.6 Å². The standard InChI is InChI=1S/C13H27N3.HI/c1-4-10-15-12(14-5-2)16-11-13(3)8-6-7-9-13;/h4-11H2,1-3H3,(H2,14,15,16);1H. The average Bonchev–Trinajstić information content (AvgIpc) is 2.70. The fourth-order valence-corrected chi connectivity index (χ4v) is 2.24. The molecule has 0 aromatic rings. The summed E-state index contributed by atoms with van der Waals surface area (Å²) in [7, 11) is 0. The van der Waals surface area contributed by atoms with Crippen LogP contribution < -0.4 is 10.6 Å². The number of nitrogens with zero attached hydrogens (tertiary/aromatic N) is 1. The lowest BCUT2D eigenvalue weighted by Crippen LogP contribution is -2.38. The number of nitrogens with one attached hydrogen (secondary N) is 2. The van der Waals surface area contributed by atoms with Crippen LogP contribution in [0.1, 0.15) is 52.9 Å². The van der Waals surface area contributed by atoms with Crippen LogP contribution in [0.15, 0.2) is 4.99 Å². The summed E-state index contributed by atoms with van der Waals surface area (Å²) in [5, 5.41) is 6.65. The molecule has 1 fully saturated rings. The number of rotatable bonds is 5. The zero-order valence-corrected chi connectivity index (χ0v) is 13.8. The molecule has 0 aromatic heterocycles. The molecule has 17 heavy (non-hydrogen) atoms. The number of halogens is 1. The summed E-state index contributed by atoms with van der Waals surface area (Å²) in [6, 6.07) is 0. The van der Waals surface area contributed by atoms with Crippen LogP contribution in [0.3, 0.4) is 0 Å². The molecule has 1 aliphatic rings. The molecule has 1 rings (SSSR count). The van der Waals surface area contributed by atoms with Gasteiger partial charge >= 0.3 is 0 Å². The van der Waals surface area contributed by atoms with E-state index in [-0.39, 0.29) is 24.0 Å². The van der Waals surface area contributed by atoms with Gasteiger partial charge in [-0.1, -0.05) is 26.7 Å². The predicted molar refractivity (Wildman–Crippen MR) is 86.3 cm³/mol. The second kappa shape index (κ2) is 9.00. The van der Waals surface area contributed by atoms with E-state index in [0.29, 0.717) is 5.41 Å². The van der Waals surface area contributed by atoms with Crippen LogP contribution in [0, 0.1) is 5.41 Å². The smallest absolute Gasteiger partial charge is 0.191 e. The molecule has 0 radical (unpaired) electrons. The molecule has 3 nitrogen and oxygen atoms in total. The molecular weight excluding hydrogens is 325 g/mol. The van der Waals surface area contributed by atoms with Crippen LogP contribution in [0.4, 0.5) is 0 Å². The first-order valence-corrected chi connectivity index (χ1v) is 6.72. The molecule has 0 amide bonds. The first kappa shape index (κ1) is 17.0. The maximum atomic E-state index is 4.70. The van der Waals surface area contributed by atoms with Gasteiger partial charge in [0, 0.05) is 19.6 Å². The largest absolute Gasteiger partial charge is 0.357 e. The fraction of sp³-hybridized carbons (Fsp3) is 0.923. The number of aliphatic imine (C=N–C) groups is 1. The van der Waals surface area contributed by atoms with E-state index < -0.39 is 0 Å². The van der Waals surface area contributed by atoms with E-state index >= 15 is 0 Å². The lowest BCUT2D eigenvalue weighted by Gasteiger charge is -2.21. The van der Waals surface area contributed by atoms with Crippen LogP contribution in [0.25, 0.3) is 0 Å². The molecule has 0 aliphatic heterocycles. The quantitative estimate of drug-likeness (QED) is 0.453. The first-order chi connectivity index (χ1) is 7.70. The van der Waals surface area contributed by atoms with Crippen molar-refractivity contribution in [3.05, 3.63) is 0 Å². The maximum absolute atomic E-state index is 4.70. The van der Waals surface area contributed by atoms with Crippen LogP contribution in [-0.2, 0) is 0 Å². The third kappa shape index (κ3) is 6.48. The molecule has 0 bridgehead atoms. The van der Waals surface area contributed by atoms with Crippen molar-refractivity contribution in [3.63, 3.8) is 0 Å². The maximum Gasteiger partial charge on any atom is 0.191 e. The van der Waals surface area contributed by atoms with Gasteiger partial charge in [-0.15, -0.1) is 24.0 Å². The molecular formula is C13H28IN3. The first-order valence-electron chi connectivity index (χ1n) is 6.72. The topological polar surface area (TPSA) is 36.4 Å². The van der Waals surface area contributed by atoms with Crippen LogP contribution >= 0.6 is 24.0 Å². The van der Waals surface area contributed by atoms with Crippen molar-refractivity contribution in [1.29, 1.82) is 0 Å². The van der Waals surface area contributed by atoms with E-state index in [2.05, 4.69) is 31.4 Å². The Bertz CT molecular complexity index is 223. The summed E-state index contributed by atoms with van der Waals surface area (Å²) in [4.78, 5) is 4.70. The van der Waals surface area contributed by atoms with Gasteiger partial charge in [-0.2, -0.15) is 0 Å². The Balaban J connectivity index is 0.00000256. The van der Waals surface area contributed by atoms with E-state index in [9.17, 15) is 0 Å². The fourth-order valence-electron chi connectivity index (χ4n) is 2.24. The number of guanidine groups is 1. The van der Waals surface area contributed by atoms with Gasteiger partial charge in [0.1, 0.15) is 0 Å². The highest BCUT2D eigenvalue weighted by atomic mass is 127. The van der Waals surface area contributed by atoms with Crippen molar-refractivity contribution in [3.8, 4) is 0 Å². The molecule has 1 aliphatic carbocycles. The molecule has 102 valence electrons. The third-order valence-corrected chi connectivity index (χ3v) is 3.32. The Kier molecular flexibility index (Phi) is 9.00. The minimum atomic E-state index is 0. The highest BCUT2D eigenvalue weighted by molar-refractivity contribution is 14.0. The predicted octanol–water partition coefficient (Wildman–Crippen LogP) is 3.15. The molecule has 0 heterocycles. The van der Waals surface area contributed by atoms with Gasteiger partial charge in [0.05, 0.1) is 0 Å². The molecule has 1 saturated carbocycles. The van der Waals surface area contributed by atoms with Gasteiger partial charge in [0.15, 0.2) is 5.96 Å². The summed E-state index contributed by atoms with van der Waals surface area (Å²) >= 11 is 0. The lowest BCUT2D eigenvalue weighted by molar-refractivity contribution is 0.350. The Morgan fingerprint density at radius 3 is 2.35 bits per heavy atom. The highest BCUT2D eigenvalue weighted by Gasteiger charge is 2.28. The normalized spacial score (nSPS) is 18.6. The number of hydrogen-bond acceptors (Lipinski definition) is 1. The van der Waals surface area contributed by atoms with E-state index in [1.165, 1.54) is 25.7 Å². The summed E-state index contributed by atoms with van der Waals surface area (Å²) < 4.78 is 0. The van der Waals surface area contributed by atoms with Crippen LogP contribution in [0.2, 0.25) is 0 Å². The zero-order valence-electron chi connectivity index (χ0n) is 11.5. The van der Waals surface area contributed by atoms with Crippen molar-refractivity contribution in [2.45, 2.75) is 52.9 Å². The van der Waals surface area contributed by atoms with Gasteiger partial charge in [-0.25, -0.2) is 0 Å². The molecule has 4 heteroatoms. The summed E-state index contributed by atoms with van der Waals surface area (Å²) in [6.45, 7) is 9.56. The summed E-state index contributed by atoms with van der Waals surface area (Å²) in [5.41, 5.74) is 0.453. The van der Waals surface area contributed by atoms with Gasteiger partial charge in [-0.05, 0) is 31.6 Å². The van der Waals surface area contributed by atoms with Gasteiger partial charge in [0.25, 0.3) is 0 Å². The molecule has 0 atom stereocenters. The van der Waals surface area contributed by atoms with Crippen molar-refractivity contribution in [1.82, 2.24) is 10.6 Å². The molecule has 0 aromatic carbocycles. The van der Waals surface area contributed by atoms with Crippen molar-refractivity contribution in [2.75, 3.05) is 19.6 Å². The SMILES string of the molecule is CCCNC(=NCC1(C)CCCC1)NCC.I. The Morgan fingerprint density at radius 2 is 1.82 bits per heavy atom. The molecule has 2 N–H and O–H groups in total. The van der Waals surface area contributed by atoms with Gasteiger partial charge in [0.2, 0.25) is 0 Å². The van der Waals surface area contributed by atoms with E-state index in [4.69, 9.17) is 4.99 Å². The van der Waals surface area contributed by atoms with E-state index in [1.54, 1.807) is 0 Å². The van der Waals surface area contributed by atoms with Crippen LogP contribution in [0.5, 0.6) is 0 Å². The minimum Gasteiger partial charge on any atom is -0.357 e. The van der Waals surface area contributed by atoms with Gasteiger partial charge in [-0.3, -0.25) is 4.99 Å². The monoisotopic (exact) mass is 353 g/mol. The second-order valence-electron chi connectivity index (χ2n) is 5.14. The molecule has 0 saturated heterocycles. The van der Waals surface area contributed by atoms with Crippen molar-refractivity contribution >= 4 is 29.9 Å². The third-order valence-electron chi connectivity index (χ3n) is 3.32.